The van der Waals surface area contributed by atoms with Crippen LogP contribution >= 0.6 is 0 Å². The highest BCUT2D eigenvalue weighted by Crippen LogP contribution is 2.18. The summed E-state index contributed by atoms with van der Waals surface area (Å²) in [5.41, 5.74) is 0. The molecule has 0 saturated heterocycles. The molecule has 1 N–H and O–H groups in total. The van der Waals surface area contributed by atoms with Crippen molar-refractivity contribution in [1.82, 2.24) is 0 Å². The molecule has 0 fully saturated rings. The van der Waals surface area contributed by atoms with Gasteiger partial charge in [0.05, 0.1) is 6.61 Å². The number of aliphatic hydroxyl groups excluding tert-OH is 1. The van der Waals surface area contributed by atoms with E-state index in [1.807, 2.05) is 0 Å². The molecule has 5 nitrogen and oxygen atoms in total. The number of unbranched alkanes of at least 4 members (excludes halogenated alkanes) is 45. The van der Waals surface area contributed by atoms with Gasteiger partial charge < -0.3 is 14.6 Å². The zero-order chi connectivity index (χ0) is 46.3. The van der Waals surface area contributed by atoms with E-state index in [1.165, 1.54) is 276 Å². The van der Waals surface area contributed by atoms with E-state index in [4.69, 9.17) is 9.47 Å². The van der Waals surface area contributed by atoms with Crippen molar-refractivity contribution in [1.29, 1.82) is 0 Å². The number of ether oxygens (including phenoxy) is 2. The molecule has 0 amide bonds. The van der Waals surface area contributed by atoms with Gasteiger partial charge in [-0.3, -0.25) is 9.59 Å². The predicted molar refractivity (Wildman–Crippen MR) is 279 cm³/mol. The lowest BCUT2D eigenvalue weighted by Crippen LogP contribution is -2.28. The Kier molecular flexibility index (Phi) is 54.8. The van der Waals surface area contributed by atoms with Crippen LogP contribution < -0.4 is 0 Å². The molecule has 0 saturated carbocycles. The summed E-state index contributed by atoms with van der Waals surface area (Å²) < 4.78 is 10.7. The first kappa shape index (κ1) is 62.6. The average Bonchev–Trinajstić information content (AvgIpc) is 3.30. The number of hydrogen-bond donors (Lipinski definition) is 1. The van der Waals surface area contributed by atoms with Gasteiger partial charge in [-0.05, 0) is 38.5 Å². The third-order valence-corrected chi connectivity index (χ3v) is 13.6. The average molecular weight is 904 g/mol. The van der Waals surface area contributed by atoms with E-state index in [1.54, 1.807) is 0 Å². The van der Waals surface area contributed by atoms with Crippen LogP contribution in [-0.2, 0) is 19.1 Å². The quantitative estimate of drug-likeness (QED) is 0.0374. The van der Waals surface area contributed by atoms with Crippen LogP contribution in [0.5, 0.6) is 0 Å². The molecule has 0 aromatic carbocycles. The van der Waals surface area contributed by atoms with Crippen LogP contribution in [0.1, 0.15) is 335 Å². The molecule has 0 aliphatic heterocycles. The molecule has 0 aromatic rings. The van der Waals surface area contributed by atoms with Crippen molar-refractivity contribution in [2.24, 2.45) is 0 Å². The molecule has 0 heterocycles. The van der Waals surface area contributed by atoms with Crippen molar-refractivity contribution in [2.45, 2.75) is 341 Å². The third kappa shape index (κ3) is 53.3. The Bertz CT molecular complexity index is 932. The maximum atomic E-state index is 12.3. The van der Waals surface area contributed by atoms with Gasteiger partial charge in [-0.1, -0.05) is 296 Å². The lowest BCUT2D eigenvalue weighted by molar-refractivity contribution is -0.161. The number of carbonyl (C=O) groups is 2. The van der Waals surface area contributed by atoms with Crippen molar-refractivity contribution in [3.05, 3.63) is 12.2 Å². The van der Waals surface area contributed by atoms with E-state index in [2.05, 4.69) is 26.0 Å². The molecule has 5 heteroatoms. The monoisotopic (exact) mass is 903 g/mol. The normalized spacial score (nSPS) is 12.1. The maximum Gasteiger partial charge on any atom is 0.306 e. The molecule has 0 spiro atoms. The number of carbonyl (C=O) groups excluding carboxylic acids is 2. The van der Waals surface area contributed by atoms with E-state index in [-0.39, 0.29) is 25.2 Å². The van der Waals surface area contributed by atoms with Gasteiger partial charge >= 0.3 is 11.9 Å². The first-order valence-corrected chi connectivity index (χ1v) is 29.2. The van der Waals surface area contributed by atoms with Crippen LogP contribution in [0.3, 0.4) is 0 Å². The van der Waals surface area contributed by atoms with Crippen molar-refractivity contribution in [2.75, 3.05) is 13.2 Å². The van der Waals surface area contributed by atoms with Gasteiger partial charge in [-0.2, -0.15) is 0 Å². The Balaban J connectivity index is 3.40. The molecule has 1 atom stereocenters. The largest absolute Gasteiger partial charge is 0.462 e. The Morgan fingerprint density at radius 1 is 0.344 bits per heavy atom. The van der Waals surface area contributed by atoms with Gasteiger partial charge in [0, 0.05) is 12.8 Å². The topological polar surface area (TPSA) is 72.8 Å². The molecule has 0 aliphatic carbocycles. The summed E-state index contributed by atoms with van der Waals surface area (Å²) in [6.07, 6.45) is 69.1. The standard InChI is InChI=1S/C59H114O5/c1-3-5-7-9-11-13-15-17-19-21-23-25-26-27-28-29-30-31-32-34-36-38-40-42-44-46-48-50-52-54-59(62)64-57(55-60)56-63-58(61)53-51-49-47-45-43-41-39-37-35-33-24-22-20-18-16-14-12-10-8-6-4-2/h21,23,57,60H,3-20,22,24-56H2,1-2H3/b23-21-. The predicted octanol–water partition coefficient (Wildman–Crippen LogP) is 19.5. The third-order valence-electron chi connectivity index (χ3n) is 13.6. The first-order valence-electron chi connectivity index (χ1n) is 29.2. The van der Waals surface area contributed by atoms with Crippen molar-refractivity contribution in [3.8, 4) is 0 Å². The second-order valence-electron chi connectivity index (χ2n) is 20.1. The molecule has 0 aliphatic rings. The highest BCUT2D eigenvalue weighted by atomic mass is 16.6. The van der Waals surface area contributed by atoms with E-state index >= 15 is 0 Å². The van der Waals surface area contributed by atoms with Crippen LogP contribution in [0, 0.1) is 0 Å². The van der Waals surface area contributed by atoms with Crippen LogP contribution in [0.2, 0.25) is 0 Å². The zero-order valence-electron chi connectivity index (χ0n) is 43.6. The first-order chi connectivity index (χ1) is 31.6. The second-order valence-corrected chi connectivity index (χ2v) is 20.1. The number of allylic oxidation sites excluding steroid dienone is 2. The lowest BCUT2D eigenvalue weighted by Gasteiger charge is -2.15. The summed E-state index contributed by atoms with van der Waals surface area (Å²) in [5.74, 6) is -0.566. The highest BCUT2D eigenvalue weighted by Gasteiger charge is 2.16. The molecule has 64 heavy (non-hydrogen) atoms. The van der Waals surface area contributed by atoms with Gasteiger partial charge in [-0.15, -0.1) is 0 Å². The molecular formula is C59H114O5. The number of esters is 2. The zero-order valence-corrected chi connectivity index (χ0v) is 43.6. The Morgan fingerprint density at radius 2 is 0.578 bits per heavy atom. The van der Waals surface area contributed by atoms with E-state index < -0.39 is 6.10 Å². The maximum absolute atomic E-state index is 12.3. The Hall–Kier alpha value is -1.36. The van der Waals surface area contributed by atoms with Gasteiger partial charge in [0.1, 0.15) is 6.61 Å². The fourth-order valence-corrected chi connectivity index (χ4v) is 9.14. The van der Waals surface area contributed by atoms with Crippen molar-refractivity contribution in [3.63, 3.8) is 0 Å². The van der Waals surface area contributed by atoms with Crippen LogP contribution in [0.15, 0.2) is 12.2 Å². The molecule has 0 rings (SSSR count). The van der Waals surface area contributed by atoms with Gasteiger partial charge in [0.2, 0.25) is 0 Å². The minimum Gasteiger partial charge on any atom is -0.462 e. The summed E-state index contributed by atoms with van der Waals surface area (Å²) in [6, 6.07) is 0. The fourth-order valence-electron chi connectivity index (χ4n) is 9.14. The lowest BCUT2D eigenvalue weighted by atomic mass is 10.0. The van der Waals surface area contributed by atoms with Gasteiger partial charge in [0.25, 0.3) is 0 Å². The van der Waals surface area contributed by atoms with Crippen molar-refractivity contribution < 1.29 is 24.2 Å². The van der Waals surface area contributed by atoms with Crippen LogP contribution in [-0.4, -0.2) is 36.4 Å². The van der Waals surface area contributed by atoms with Crippen LogP contribution in [0.25, 0.3) is 0 Å². The molecular weight excluding hydrogens is 789 g/mol. The summed E-state index contributed by atoms with van der Waals surface area (Å²) in [5, 5.41) is 9.66. The minimum atomic E-state index is -0.766. The molecule has 1 unspecified atom stereocenters. The number of rotatable bonds is 55. The second kappa shape index (κ2) is 56.0. The summed E-state index contributed by atoms with van der Waals surface area (Å²) in [6.45, 7) is 4.20. The molecule has 0 radical (unpaired) electrons. The van der Waals surface area contributed by atoms with E-state index in [0.717, 1.165) is 32.1 Å². The SMILES string of the molecule is CCCCCCCCCC/C=C\CCCCCCCCCCCCCCCCCCCC(=O)OC(CO)COC(=O)CCCCCCCCCCCCCCCCCCCCCCC. The van der Waals surface area contributed by atoms with Gasteiger partial charge in [0.15, 0.2) is 6.10 Å². The van der Waals surface area contributed by atoms with Gasteiger partial charge in [-0.25, -0.2) is 0 Å². The van der Waals surface area contributed by atoms with E-state index in [9.17, 15) is 14.7 Å². The summed E-state index contributed by atoms with van der Waals surface area (Å²) in [7, 11) is 0. The number of hydrogen-bond acceptors (Lipinski definition) is 5. The Labute approximate surface area is 401 Å². The molecule has 0 bridgehead atoms. The molecule has 380 valence electrons. The number of aliphatic hydroxyl groups is 1. The molecule has 0 aromatic heterocycles. The highest BCUT2D eigenvalue weighted by molar-refractivity contribution is 5.70. The minimum absolute atomic E-state index is 0.0573. The van der Waals surface area contributed by atoms with E-state index in [0.29, 0.717) is 12.8 Å². The summed E-state index contributed by atoms with van der Waals surface area (Å²) in [4.78, 5) is 24.5. The van der Waals surface area contributed by atoms with Crippen molar-refractivity contribution >= 4 is 11.9 Å². The Morgan fingerprint density at radius 3 is 0.844 bits per heavy atom. The smallest absolute Gasteiger partial charge is 0.306 e. The fraction of sp³-hybridized carbons (Fsp3) is 0.932. The summed E-state index contributed by atoms with van der Waals surface area (Å²) >= 11 is 0. The van der Waals surface area contributed by atoms with Crippen LogP contribution in [0.4, 0.5) is 0 Å².